The summed E-state index contributed by atoms with van der Waals surface area (Å²) in [5.41, 5.74) is 0.0499. The molecule has 0 bridgehead atoms. The van der Waals surface area contributed by atoms with E-state index in [0.29, 0.717) is 28.6 Å². The first-order valence-corrected chi connectivity index (χ1v) is 9.21. The Morgan fingerprint density at radius 2 is 1.58 bits per heavy atom. The summed E-state index contributed by atoms with van der Waals surface area (Å²) in [5, 5.41) is 8.16. The molecule has 0 aliphatic rings. The van der Waals surface area contributed by atoms with Crippen molar-refractivity contribution < 1.29 is 13.9 Å². The number of rotatable bonds is 6. The molecule has 0 N–H and O–H groups in total. The first-order chi connectivity index (χ1) is 15.0. The molecule has 2 aromatic carbocycles. The summed E-state index contributed by atoms with van der Waals surface area (Å²) in [6.45, 7) is 0.0550. The van der Waals surface area contributed by atoms with Gasteiger partial charge in [-0.1, -0.05) is 5.21 Å². The molecule has 0 unspecified atom stereocenters. The smallest absolute Gasteiger partial charge is 0.320 e. The highest BCUT2D eigenvalue weighted by Gasteiger charge is 2.11. The predicted molar refractivity (Wildman–Crippen MR) is 110 cm³/mol. The lowest BCUT2D eigenvalue weighted by molar-refractivity contribution is 0.394. The summed E-state index contributed by atoms with van der Waals surface area (Å²) in [6.07, 6.45) is 4.57. The van der Waals surface area contributed by atoms with Crippen LogP contribution in [0.3, 0.4) is 0 Å². The monoisotopic (exact) mass is 423 g/mol. The van der Waals surface area contributed by atoms with E-state index in [2.05, 4.69) is 10.3 Å². The zero-order valence-electron chi connectivity index (χ0n) is 16.7. The Hall–Kier alpha value is -4.21. The first-order valence-electron chi connectivity index (χ1n) is 9.21. The van der Waals surface area contributed by atoms with Gasteiger partial charge >= 0.3 is 11.1 Å². The molecular weight excluding hydrogens is 405 g/mol. The number of methoxy groups -OCH3 is 2. The lowest BCUT2D eigenvalue weighted by Crippen LogP contribution is -2.40. The number of aromatic nitrogens is 5. The topological polar surface area (TPSA) is 93.2 Å². The average Bonchev–Trinajstić information content (AvgIpc) is 3.26. The van der Waals surface area contributed by atoms with Crippen LogP contribution in [-0.2, 0) is 6.54 Å². The zero-order valence-corrected chi connectivity index (χ0v) is 16.7. The second-order valence-corrected chi connectivity index (χ2v) is 6.61. The third-order valence-corrected chi connectivity index (χ3v) is 4.64. The molecule has 4 aromatic rings. The minimum atomic E-state index is -0.751. The molecule has 31 heavy (non-hydrogen) atoms. The van der Waals surface area contributed by atoms with Crippen molar-refractivity contribution in [2.45, 2.75) is 6.54 Å². The lowest BCUT2D eigenvalue weighted by atomic mass is 10.3. The lowest BCUT2D eigenvalue weighted by Gasteiger charge is -2.08. The van der Waals surface area contributed by atoms with E-state index in [1.54, 1.807) is 38.6 Å². The van der Waals surface area contributed by atoms with E-state index < -0.39 is 16.9 Å². The number of benzene rings is 2. The van der Waals surface area contributed by atoms with E-state index >= 15 is 0 Å². The Balaban J connectivity index is 1.62. The molecule has 10 heteroatoms. The van der Waals surface area contributed by atoms with Gasteiger partial charge in [0.05, 0.1) is 32.6 Å². The number of halogens is 1. The second-order valence-electron chi connectivity index (χ2n) is 6.61. The zero-order chi connectivity index (χ0) is 22.0. The maximum absolute atomic E-state index is 13.1. The van der Waals surface area contributed by atoms with E-state index in [1.165, 1.54) is 45.9 Å². The molecule has 4 rings (SSSR count). The van der Waals surface area contributed by atoms with Gasteiger partial charge in [0.25, 0.3) is 0 Å². The second kappa shape index (κ2) is 8.27. The third kappa shape index (κ3) is 4.08. The van der Waals surface area contributed by atoms with E-state index in [0.717, 1.165) is 4.57 Å². The van der Waals surface area contributed by atoms with Crippen molar-refractivity contribution in [3.8, 4) is 22.9 Å². The molecule has 2 heterocycles. The van der Waals surface area contributed by atoms with Gasteiger partial charge < -0.3 is 14.0 Å². The number of hydrogen-bond acceptors (Lipinski definition) is 6. The molecule has 0 spiro atoms. The first kappa shape index (κ1) is 20.1. The quantitative estimate of drug-likeness (QED) is 0.439. The maximum atomic E-state index is 13.1. The van der Waals surface area contributed by atoms with Gasteiger partial charge in [0.2, 0.25) is 0 Å². The normalized spacial score (nSPS) is 10.8. The molecule has 158 valence electrons. The number of hydrogen-bond donors (Lipinski definition) is 0. The van der Waals surface area contributed by atoms with Crippen molar-refractivity contribution in [2.75, 3.05) is 14.2 Å². The van der Waals surface area contributed by atoms with Crippen LogP contribution in [0, 0.1) is 5.82 Å². The van der Waals surface area contributed by atoms with Crippen LogP contribution in [0.25, 0.3) is 11.4 Å². The highest BCUT2D eigenvalue weighted by atomic mass is 19.1. The van der Waals surface area contributed by atoms with Gasteiger partial charge in [0.15, 0.2) is 0 Å². The Bertz CT molecular complexity index is 1320. The molecule has 0 atom stereocenters. The van der Waals surface area contributed by atoms with Crippen LogP contribution in [0.1, 0.15) is 5.69 Å². The summed E-state index contributed by atoms with van der Waals surface area (Å²) in [6, 6.07) is 10.5. The van der Waals surface area contributed by atoms with Crippen molar-refractivity contribution in [3.05, 3.63) is 93.3 Å². The van der Waals surface area contributed by atoms with Crippen molar-refractivity contribution in [1.82, 2.24) is 24.1 Å². The highest BCUT2D eigenvalue weighted by molar-refractivity contribution is 5.46. The Kier molecular flexibility index (Phi) is 5.35. The maximum Gasteiger partial charge on any atom is 0.320 e. The van der Waals surface area contributed by atoms with E-state index in [4.69, 9.17) is 9.47 Å². The van der Waals surface area contributed by atoms with Crippen LogP contribution in [0.4, 0.5) is 4.39 Å². The molecule has 2 aromatic heterocycles. The van der Waals surface area contributed by atoms with Crippen molar-refractivity contribution in [1.29, 1.82) is 0 Å². The minimum absolute atomic E-state index is 0.0550. The Morgan fingerprint density at radius 3 is 2.23 bits per heavy atom. The number of ether oxygens (including phenoxy) is 2. The van der Waals surface area contributed by atoms with E-state index in [1.807, 2.05) is 0 Å². The summed E-state index contributed by atoms with van der Waals surface area (Å²) in [5.74, 6) is 0.751. The van der Waals surface area contributed by atoms with Crippen molar-refractivity contribution in [2.24, 2.45) is 0 Å². The minimum Gasteiger partial charge on any atom is -0.497 e. The number of nitrogens with zero attached hydrogens (tertiary/aromatic N) is 5. The molecule has 0 fully saturated rings. The molecule has 9 nitrogen and oxygen atoms in total. The van der Waals surface area contributed by atoms with Crippen LogP contribution in [0.5, 0.6) is 11.5 Å². The van der Waals surface area contributed by atoms with E-state index in [9.17, 15) is 14.0 Å². The Labute approximate surface area is 175 Å². The van der Waals surface area contributed by atoms with Gasteiger partial charge in [-0.25, -0.2) is 9.07 Å². The average molecular weight is 423 g/mol. The van der Waals surface area contributed by atoms with Gasteiger partial charge in [0, 0.05) is 36.3 Å². The molecule has 0 aliphatic heterocycles. The van der Waals surface area contributed by atoms with Crippen molar-refractivity contribution >= 4 is 0 Å². The van der Waals surface area contributed by atoms with Crippen molar-refractivity contribution in [3.63, 3.8) is 0 Å². The van der Waals surface area contributed by atoms with Crippen LogP contribution >= 0.6 is 0 Å². The van der Waals surface area contributed by atoms with Crippen LogP contribution < -0.4 is 20.6 Å². The fourth-order valence-electron chi connectivity index (χ4n) is 3.03. The van der Waals surface area contributed by atoms with Gasteiger partial charge in [0.1, 0.15) is 23.0 Å². The standard InChI is InChI=1S/C21H18FN5O4/c1-30-18-9-17(10-19(11-18)31-2)27-13-15(23-24-27)12-25-7-8-26(21(29)20(25)28)16-5-3-14(22)4-6-16/h3-11,13H,12H2,1-2H3. The predicted octanol–water partition coefficient (Wildman–Crippen LogP) is 1.78. The fourth-order valence-corrected chi connectivity index (χ4v) is 3.03. The highest BCUT2D eigenvalue weighted by Crippen LogP contribution is 2.24. The SMILES string of the molecule is COc1cc(OC)cc(-n2cc(Cn3ccn(-c4ccc(F)cc4)c(=O)c3=O)nn2)c1. The van der Waals surface area contributed by atoms with E-state index in [-0.39, 0.29) is 6.54 Å². The largest absolute Gasteiger partial charge is 0.497 e. The Morgan fingerprint density at radius 1 is 0.903 bits per heavy atom. The van der Waals surface area contributed by atoms with Gasteiger partial charge in [-0.15, -0.1) is 5.10 Å². The molecule has 0 saturated heterocycles. The van der Waals surface area contributed by atoms with Gasteiger partial charge in [-0.2, -0.15) is 0 Å². The van der Waals surface area contributed by atoms with Crippen LogP contribution in [0.2, 0.25) is 0 Å². The molecule has 0 radical (unpaired) electrons. The summed E-state index contributed by atoms with van der Waals surface area (Å²) in [4.78, 5) is 25.0. The van der Waals surface area contributed by atoms with Gasteiger partial charge in [-0.3, -0.25) is 14.2 Å². The summed E-state index contributed by atoms with van der Waals surface area (Å²) in [7, 11) is 3.09. The molecule has 0 amide bonds. The molecule has 0 aliphatic carbocycles. The molecular formula is C21H18FN5O4. The van der Waals surface area contributed by atoms with Crippen LogP contribution in [0.15, 0.2) is 70.6 Å². The molecule has 0 saturated carbocycles. The summed E-state index contributed by atoms with van der Waals surface area (Å²) < 4.78 is 27.6. The summed E-state index contributed by atoms with van der Waals surface area (Å²) >= 11 is 0. The third-order valence-electron chi connectivity index (χ3n) is 4.64. The van der Waals surface area contributed by atoms with Crippen LogP contribution in [-0.4, -0.2) is 38.3 Å². The van der Waals surface area contributed by atoms with Gasteiger partial charge in [-0.05, 0) is 24.3 Å². The fraction of sp³-hybridized carbons (Fsp3) is 0.143.